The smallest absolute Gasteiger partial charge is 0.285 e. The number of aryl methyl sites for hydroxylation is 2. The monoisotopic (exact) mass is 422 g/mol. The van der Waals surface area contributed by atoms with Crippen LogP contribution in [0.3, 0.4) is 0 Å². The van der Waals surface area contributed by atoms with E-state index in [9.17, 15) is 4.79 Å². The van der Waals surface area contributed by atoms with Crippen molar-refractivity contribution in [3.63, 3.8) is 0 Å². The first kappa shape index (κ1) is 22.6. The van der Waals surface area contributed by atoms with Crippen molar-refractivity contribution in [1.29, 1.82) is 0 Å². The van der Waals surface area contributed by atoms with Crippen LogP contribution in [0.2, 0.25) is 0 Å². The van der Waals surface area contributed by atoms with Crippen molar-refractivity contribution in [2.45, 2.75) is 59.4 Å². The standard InChI is InChI=1S/C20H32N2O2.Y/c1-7-22(8-2,9-3)20(11-10-12-20)19(23)21-18-15(4)13-17(24-6)14-16(18)5;/h13-14H,7-12H2,1-6H3;/p+1. The molecule has 0 unspecified atom stereocenters. The van der Waals surface area contributed by atoms with Crippen LogP contribution < -0.4 is 10.1 Å². The number of rotatable bonds is 7. The number of nitrogens with one attached hydrogen (secondary N) is 1. The molecule has 0 spiro atoms. The van der Waals surface area contributed by atoms with Crippen LogP contribution in [-0.4, -0.2) is 42.7 Å². The minimum absolute atomic E-state index is 0. The van der Waals surface area contributed by atoms with Gasteiger partial charge in [0.15, 0.2) is 5.54 Å². The molecule has 5 heteroatoms. The minimum atomic E-state index is -0.267. The Morgan fingerprint density at radius 3 is 1.92 bits per heavy atom. The van der Waals surface area contributed by atoms with E-state index in [1.165, 1.54) is 0 Å². The van der Waals surface area contributed by atoms with Crippen molar-refractivity contribution in [1.82, 2.24) is 0 Å². The number of anilines is 1. The normalized spacial score (nSPS) is 15.8. The van der Waals surface area contributed by atoms with E-state index in [4.69, 9.17) is 4.74 Å². The summed E-state index contributed by atoms with van der Waals surface area (Å²) in [6.45, 7) is 13.7. The van der Waals surface area contributed by atoms with E-state index < -0.39 is 0 Å². The molecule has 1 aliphatic carbocycles. The van der Waals surface area contributed by atoms with Gasteiger partial charge in [-0.15, -0.1) is 0 Å². The van der Waals surface area contributed by atoms with Crippen LogP contribution >= 0.6 is 0 Å². The maximum absolute atomic E-state index is 13.3. The van der Waals surface area contributed by atoms with Gasteiger partial charge in [-0.3, -0.25) is 4.79 Å². The first-order valence-corrected chi connectivity index (χ1v) is 9.22. The molecule has 1 amide bonds. The maximum Gasteiger partial charge on any atom is 0.285 e. The molecule has 25 heavy (non-hydrogen) atoms. The van der Waals surface area contributed by atoms with E-state index in [0.717, 1.165) is 65.9 Å². The molecule has 4 nitrogen and oxygen atoms in total. The zero-order chi connectivity index (χ0) is 18.0. The van der Waals surface area contributed by atoms with Crippen molar-refractivity contribution in [3.8, 4) is 5.75 Å². The molecular weight excluding hydrogens is 389 g/mol. The number of nitrogens with zero attached hydrogens (tertiary/aromatic N) is 1. The fourth-order valence-electron chi connectivity index (χ4n) is 4.48. The molecule has 1 aromatic carbocycles. The Morgan fingerprint density at radius 1 is 1.12 bits per heavy atom. The summed E-state index contributed by atoms with van der Waals surface area (Å²) >= 11 is 0. The summed E-state index contributed by atoms with van der Waals surface area (Å²) in [6.07, 6.45) is 3.12. The van der Waals surface area contributed by atoms with Crippen molar-refractivity contribution in [2.24, 2.45) is 0 Å². The van der Waals surface area contributed by atoms with E-state index in [2.05, 4.69) is 26.1 Å². The molecule has 1 saturated carbocycles. The summed E-state index contributed by atoms with van der Waals surface area (Å²) in [5, 5.41) is 3.27. The molecule has 0 saturated heterocycles. The number of amides is 1. The number of carbonyl (C=O) groups excluding carboxylic acids is 1. The molecule has 0 aliphatic heterocycles. The number of hydrogen-bond donors (Lipinski definition) is 1. The number of carbonyl (C=O) groups is 1. The third kappa shape index (κ3) is 3.82. The molecule has 2 rings (SSSR count). The largest absolute Gasteiger partial charge is 0.497 e. The van der Waals surface area contributed by atoms with Crippen molar-refractivity contribution in [3.05, 3.63) is 23.3 Å². The van der Waals surface area contributed by atoms with Gasteiger partial charge in [0.1, 0.15) is 5.75 Å². The molecule has 1 aromatic rings. The van der Waals surface area contributed by atoms with Crippen molar-refractivity contribution in [2.75, 3.05) is 32.1 Å². The Hall–Kier alpha value is -0.446. The van der Waals surface area contributed by atoms with Crippen LogP contribution in [-0.2, 0) is 37.5 Å². The van der Waals surface area contributed by atoms with Gasteiger partial charge in [0, 0.05) is 51.2 Å². The van der Waals surface area contributed by atoms with E-state index in [-0.39, 0.29) is 44.2 Å². The minimum Gasteiger partial charge on any atom is -0.497 e. The van der Waals surface area contributed by atoms with Gasteiger partial charge < -0.3 is 14.5 Å². The van der Waals surface area contributed by atoms with Crippen LogP contribution in [0.15, 0.2) is 12.1 Å². The predicted molar refractivity (Wildman–Crippen MR) is 99.6 cm³/mol. The molecule has 1 radical (unpaired) electrons. The van der Waals surface area contributed by atoms with Gasteiger partial charge in [-0.2, -0.15) is 0 Å². The Kier molecular flexibility index (Phi) is 8.10. The summed E-state index contributed by atoms with van der Waals surface area (Å²) < 4.78 is 6.21. The molecule has 0 aromatic heterocycles. The third-order valence-electron chi connectivity index (χ3n) is 6.31. The fraction of sp³-hybridized carbons (Fsp3) is 0.650. The number of quaternary nitrogens is 1. The number of hydrogen-bond acceptors (Lipinski definition) is 2. The Bertz CT molecular complexity index is 576. The Balaban J connectivity index is 0.00000312. The summed E-state index contributed by atoms with van der Waals surface area (Å²) in [5.41, 5.74) is 2.78. The van der Waals surface area contributed by atoms with Crippen molar-refractivity contribution >= 4 is 11.6 Å². The fourth-order valence-corrected chi connectivity index (χ4v) is 4.48. The van der Waals surface area contributed by atoms with E-state index in [1.54, 1.807) is 7.11 Å². The van der Waals surface area contributed by atoms with Gasteiger partial charge in [0.05, 0.1) is 26.7 Å². The van der Waals surface area contributed by atoms with Gasteiger partial charge >= 0.3 is 0 Å². The van der Waals surface area contributed by atoms with E-state index in [0.29, 0.717) is 0 Å². The molecular formula is C20H33N2O2Y+. The van der Waals surface area contributed by atoms with Gasteiger partial charge in [-0.05, 0) is 64.3 Å². The average molecular weight is 422 g/mol. The third-order valence-corrected chi connectivity index (χ3v) is 6.31. The summed E-state index contributed by atoms with van der Waals surface area (Å²) in [7, 11) is 1.67. The topological polar surface area (TPSA) is 38.3 Å². The second kappa shape index (κ2) is 8.97. The van der Waals surface area contributed by atoms with E-state index >= 15 is 0 Å². The molecule has 1 N–H and O–H groups in total. The second-order valence-corrected chi connectivity index (χ2v) is 7.07. The predicted octanol–water partition coefficient (Wildman–Crippen LogP) is 4.05. The number of benzene rings is 1. The SMILES string of the molecule is CC[N+](CC)(CC)C1(C(=O)Nc2c(C)cc(OC)cc2C)CCC1.[Y]. The van der Waals surface area contributed by atoms with Gasteiger partial charge in [-0.25, -0.2) is 0 Å². The Morgan fingerprint density at radius 2 is 1.60 bits per heavy atom. The number of ether oxygens (including phenoxy) is 1. The van der Waals surface area contributed by atoms with Gasteiger partial charge in [0.25, 0.3) is 5.91 Å². The molecule has 137 valence electrons. The number of methoxy groups -OCH3 is 1. The molecule has 1 aliphatic rings. The molecule has 0 atom stereocenters. The van der Waals surface area contributed by atoms with Crippen LogP contribution in [0.25, 0.3) is 0 Å². The molecule has 0 heterocycles. The first-order valence-electron chi connectivity index (χ1n) is 9.22. The number of likely N-dealkylation sites (N-methyl/N-ethyl adjacent to an activating group) is 1. The van der Waals surface area contributed by atoms with Gasteiger partial charge in [-0.1, -0.05) is 0 Å². The van der Waals surface area contributed by atoms with Crippen LogP contribution in [0.5, 0.6) is 5.75 Å². The quantitative estimate of drug-likeness (QED) is 0.674. The maximum atomic E-state index is 13.3. The van der Waals surface area contributed by atoms with Crippen LogP contribution in [0.4, 0.5) is 5.69 Å². The zero-order valence-corrected chi connectivity index (χ0v) is 19.6. The molecule has 0 bridgehead atoms. The first-order chi connectivity index (χ1) is 11.4. The summed E-state index contributed by atoms with van der Waals surface area (Å²) in [6, 6.07) is 3.97. The molecule has 1 fully saturated rings. The van der Waals surface area contributed by atoms with Gasteiger partial charge in [0.2, 0.25) is 0 Å². The van der Waals surface area contributed by atoms with Crippen molar-refractivity contribution < 1.29 is 46.7 Å². The second-order valence-electron chi connectivity index (χ2n) is 7.07. The average Bonchev–Trinajstić information content (AvgIpc) is 2.53. The van der Waals surface area contributed by atoms with Crippen LogP contribution in [0, 0.1) is 13.8 Å². The Labute approximate surface area is 178 Å². The van der Waals surface area contributed by atoms with E-state index in [1.807, 2.05) is 26.0 Å². The van der Waals surface area contributed by atoms with Crippen LogP contribution in [0.1, 0.15) is 51.2 Å². The summed E-state index contributed by atoms with van der Waals surface area (Å²) in [5.74, 6) is 1.03. The summed E-state index contributed by atoms with van der Waals surface area (Å²) in [4.78, 5) is 13.3. The zero-order valence-electron chi connectivity index (χ0n) is 16.7.